The number of carbonyl (C=O) groups excluding carboxylic acids is 1. The van der Waals surface area contributed by atoms with Gasteiger partial charge in [0.05, 0.1) is 5.56 Å². The van der Waals surface area contributed by atoms with Crippen molar-refractivity contribution in [3.63, 3.8) is 0 Å². The van der Waals surface area contributed by atoms with E-state index in [0.29, 0.717) is 11.3 Å². The number of carbonyl (C=O) groups is 1. The molecule has 44 heavy (non-hydrogen) atoms. The predicted octanol–water partition coefficient (Wildman–Crippen LogP) is 10.0. The van der Waals surface area contributed by atoms with Crippen molar-refractivity contribution >= 4 is 23.0 Å². The smallest absolute Gasteiger partial charge is 0.340 e. The number of rotatable bonds is 9. The molecule has 2 aliphatic rings. The van der Waals surface area contributed by atoms with Gasteiger partial charge >= 0.3 is 5.97 Å². The maximum Gasteiger partial charge on any atom is 0.340 e. The van der Waals surface area contributed by atoms with Gasteiger partial charge in [0.25, 0.3) is 0 Å². The number of unbranched alkanes of at least 4 members (excludes halogenated alkanes) is 3. The fourth-order valence-corrected chi connectivity index (χ4v) is 6.62. The Morgan fingerprint density at radius 2 is 1.61 bits per heavy atom. The average molecular weight is 589 g/mol. The second-order valence-electron chi connectivity index (χ2n) is 13.6. The number of fused-ring (bicyclic) bond motifs is 6. The highest BCUT2D eigenvalue weighted by atomic mass is 16.6. The quantitative estimate of drug-likeness (QED) is 0.156. The van der Waals surface area contributed by atoms with E-state index < -0.39 is 5.60 Å². The average Bonchev–Trinajstić information content (AvgIpc) is 3.27. The molecule has 5 heteroatoms. The van der Waals surface area contributed by atoms with Crippen molar-refractivity contribution in [2.45, 2.75) is 72.8 Å². The summed E-state index contributed by atoms with van der Waals surface area (Å²) >= 11 is 0. The van der Waals surface area contributed by atoms with E-state index in [4.69, 9.17) is 9.47 Å². The molecule has 1 N–H and O–H groups in total. The van der Waals surface area contributed by atoms with Crippen molar-refractivity contribution in [2.24, 2.45) is 5.41 Å². The summed E-state index contributed by atoms with van der Waals surface area (Å²) in [5, 5.41) is 3.60. The van der Waals surface area contributed by atoms with Crippen LogP contribution in [0, 0.1) is 19.3 Å². The van der Waals surface area contributed by atoms with Crippen LogP contribution in [-0.2, 0) is 10.3 Å². The Bertz CT molecular complexity index is 1700. The minimum atomic E-state index is -1.11. The second-order valence-corrected chi connectivity index (χ2v) is 13.6. The molecule has 0 saturated carbocycles. The first-order chi connectivity index (χ1) is 21.1. The first-order valence-electron chi connectivity index (χ1n) is 16.0. The molecule has 0 aromatic heterocycles. The van der Waals surface area contributed by atoms with Crippen LogP contribution < -0.4 is 15.0 Å². The molecule has 6 rings (SSSR count). The lowest BCUT2D eigenvalue weighted by Gasteiger charge is -2.38. The molecule has 4 aromatic rings. The Morgan fingerprint density at radius 3 is 2.39 bits per heavy atom. The van der Waals surface area contributed by atoms with Crippen LogP contribution >= 0.6 is 0 Å². The minimum absolute atomic E-state index is 0.132. The maximum atomic E-state index is 13.5. The number of hydrogen-bond donors (Lipinski definition) is 1. The Labute approximate surface area is 262 Å². The van der Waals surface area contributed by atoms with Crippen LogP contribution in [0.25, 0.3) is 0 Å². The van der Waals surface area contributed by atoms with E-state index in [1.807, 2.05) is 30.3 Å². The fourth-order valence-electron chi connectivity index (χ4n) is 6.62. The topological polar surface area (TPSA) is 50.8 Å². The summed E-state index contributed by atoms with van der Waals surface area (Å²) in [6.45, 7) is 15.2. The molecule has 4 aromatic carbocycles. The van der Waals surface area contributed by atoms with Gasteiger partial charge in [0.2, 0.25) is 0 Å². The summed E-state index contributed by atoms with van der Waals surface area (Å²) < 4.78 is 13.2. The minimum Gasteiger partial charge on any atom is -0.456 e. The molecule has 5 nitrogen and oxygen atoms in total. The van der Waals surface area contributed by atoms with Gasteiger partial charge in [-0.25, -0.2) is 4.79 Å². The van der Waals surface area contributed by atoms with E-state index in [1.54, 1.807) is 0 Å². The van der Waals surface area contributed by atoms with Crippen molar-refractivity contribution in [3.05, 3.63) is 112 Å². The molecule has 2 heterocycles. The van der Waals surface area contributed by atoms with Gasteiger partial charge in [-0.15, -0.1) is 0 Å². The molecule has 0 bridgehead atoms. The Morgan fingerprint density at radius 1 is 0.818 bits per heavy atom. The number of aryl methyl sites for hydroxylation is 2. The number of nitrogens with zero attached hydrogens (tertiary/aromatic N) is 1. The first-order valence-corrected chi connectivity index (χ1v) is 16.0. The third-order valence-corrected chi connectivity index (χ3v) is 8.65. The summed E-state index contributed by atoms with van der Waals surface area (Å²) in [6, 6.07) is 26.7. The van der Waals surface area contributed by atoms with Crippen LogP contribution in [-0.4, -0.2) is 19.1 Å². The van der Waals surface area contributed by atoms with Crippen LogP contribution in [0.15, 0.2) is 78.9 Å². The number of anilines is 3. The van der Waals surface area contributed by atoms with Crippen LogP contribution in [0.3, 0.4) is 0 Å². The molecular weight excluding hydrogens is 544 g/mol. The van der Waals surface area contributed by atoms with Gasteiger partial charge in [0, 0.05) is 52.9 Å². The summed E-state index contributed by atoms with van der Waals surface area (Å²) in [7, 11) is 0. The van der Waals surface area contributed by atoms with E-state index in [0.717, 1.165) is 64.6 Å². The van der Waals surface area contributed by atoms with Crippen molar-refractivity contribution in [1.29, 1.82) is 0 Å². The second kappa shape index (κ2) is 11.7. The van der Waals surface area contributed by atoms with Crippen LogP contribution in [0.1, 0.15) is 91.6 Å². The normalized spacial score (nSPS) is 16.5. The zero-order chi connectivity index (χ0) is 31.1. The number of ether oxygens (including phenoxy) is 2. The van der Waals surface area contributed by atoms with E-state index in [9.17, 15) is 4.79 Å². The van der Waals surface area contributed by atoms with Crippen molar-refractivity contribution in [2.75, 3.05) is 23.3 Å². The predicted molar refractivity (Wildman–Crippen MR) is 180 cm³/mol. The number of hydrogen-bond acceptors (Lipinski definition) is 5. The molecule has 0 radical (unpaired) electrons. The molecule has 0 aliphatic carbocycles. The summed E-state index contributed by atoms with van der Waals surface area (Å²) in [5.74, 6) is 1.12. The zero-order valence-electron chi connectivity index (χ0n) is 26.9. The Hall–Kier alpha value is -4.25. The molecular formula is C39H44N2O3. The van der Waals surface area contributed by atoms with Crippen LogP contribution in [0.4, 0.5) is 17.1 Å². The molecule has 0 amide bonds. The maximum absolute atomic E-state index is 13.5. The van der Waals surface area contributed by atoms with Crippen molar-refractivity contribution in [1.82, 2.24) is 0 Å². The van der Waals surface area contributed by atoms with Gasteiger partial charge in [-0.2, -0.15) is 0 Å². The summed E-state index contributed by atoms with van der Waals surface area (Å²) in [5.41, 5.74) is 7.43. The number of esters is 1. The molecule has 1 atom stereocenters. The lowest BCUT2D eigenvalue weighted by Crippen LogP contribution is -2.35. The van der Waals surface area contributed by atoms with E-state index >= 15 is 0 Å². The lowest BCUT2D eigenvalue weighted by molar-refractivity contribution is 0.0224. The molecule has 0 fully saturated rings. The third kappa shape index (κ3) is 5.56. The molecule has 1 spiro atoms. The molecule has 0 saturated heterocycles. The van der Waals surface area contributed by atoms with E-state index in [1.165, 1.54) is 24.8 Å². The number of nitrogens with one attached hydrogen (secondary N) is 1. The van der Waals surface area contributed by atoms with Gasteiger partial charge in [0.1, 0.15) is 11.5 Å². The zero-order valence-corrected chi connectivity index (χ0v) is 26.9. The molecule has 2 aliphatic heterocycles. The van der Waals surface area contributed by atoms with Gasteiger partial charge in [0.15, 0.2) is 5.60 Å². The third-order valence-electron chi connectivity index (χ3n) is 8.65. The highest BCUT2D eigenvalue weighted by molar-refractivity contribution is 5.97. The number of benzene rings is 4. The molecule has 228 valence electrons. The Kier molecular flexibility index (Phi) is 7.91. The van der Waals surface area contributed by atoms with Crippen molar-refractivity contribution < 1.29 is 14.3 Å². The first kappa shape index (κ1) is 29.8. The Balaban J connectivity index is 1.48. The van der Waals surface area contributed by atoms with Gasteiger partial charge in [-0.1, -0.05) is 77.3 Å². The largest absolute Gasteiger partial charge is 0.456 e. The lowest BCUT2D eigenvalue weighted by atomic mass is 9.77. The van der Waals surface area contributed by atoms with Crippen LogP contribution in [0.2, 0.25) is 0 Å². The SMILES string of the molecule is CCCCCCN(CC(C)(C)C)c1ccc2c(c1)Oc1cc(C)c(Nc3cccc(C)c3)cc1C21OC(=O)c2ccccc21. The summed E-state index contributed by atoms with van der Waals surface area (Å²) in [6.07, 6.45) is 4.84. The summed E-state index contributed by atoms with van der Waals surface area (Å²) in [4.78, 5) is 15.9. The van der Waals surface area contributed by atoms with Gasteiger partial charge in [-0.05, 0) is 79.3 Å². The van der Waals surface area contributed by atoms with Crippen molar-refractivity contribution in [3.8, 4) is 11.5 Å². The van der Waals surface area contributed by atoms with Crippen LogP contribution in [0.5, 0.6) is 11.5 Å². The molecule has 1 unspecified atom stereocenters. The van der Waals surface area contributed by atoms with E-state index in [2.05, 4.69) is 100 Å². The highest BCUT2D eigenvalue weighted by Gasteiger charge is 2.53. The fraction of sp³-hybridized carbons (Fsp3) is 0.359. The highest BCUT2D eigenvalue weighted by Crippen LogP contribution is 2.57. The van der Waals surface area contributed by atoms with Gasteiger partial charge < -0.3 is 19.7 Å². The monoisotopic (exact) mass is 588 g/mol. The van der Waals surface area contributed by atoms with E-state index in [-0.39, 0.29) is 11.4 Å². The standard InChI is InChI=1S/C39H44N2O3/c1-7-8-9-12-20-41(25-38(4,5)6)29-18-19-32-36(23-29)43-35-22-27(3)34(40-28-15-13-14-26(2)21-28)24-33(35)39(32)31-17-11-10-16-30(31)37(42)44-39/h10-11,13-19,21-24,40H,7-9,12,20,25H2,1-6H3. The van der Waals surface area contributed by atoms with Gasteiger partial charge in [-0.3, -0.25) is 0 Å².